The van der Waals surface area contributed by atoms with Gasteiger partial charge in [-0.05, 0) is 42.7 Å². The maximum absolute atomic E-state index is 13.7. The van der Waals surface area contributed by atoms with Crippen molar-refractivity contribution in [3.8, 4) is 0 Å². The first-order valence-electron chi connectivity index (χ1n) is 9.31. The molecule has 28 heavy (non-hydrogen) atoms. The fraction of sp³-hybridized carbons (Fsp3) is 0.350. The molecule has 1 amide bonds. The van der Waals surface area contributed by atoms with E-state index in [2.05, 4.69) is 20.3 Å². The van der Waals surface area contributed by atoms with Gasteiger partial charge in [0.1, 0.15) is 11.6 Å². The van der Waals surface area contributed by atoms with Crippen LogP contribution in [0.4, 0.5) is 16.0 Å². The molecule has 1 fully saturated rings. The van der Waals surface area contributed by atoms with Gasteiger partial charge >= 0.3 is 0 Å². The predicted molar refractivity (Wildman–Crippen MR) is 104 cm³/mol. The lowest BCUT2D eigenvalue weighted by atomic mass is 10.0. The van der Waals surface area contributed by atoms with Crippen LogP contribution in [0.1, 0.15) is 30.9 Å². The minimum Gasteiger partial charge on any atom is -0.384 e. The van der Waals surface area contributed by atoms with E-state index in [4.69, 9.17) is 4.74 Å². The van der Waals surface area contributed by atoms with E-state index < -0.39 is 0 Å². The molecule has 7 nitrogen and oxygen atoms in total. The minimum absolute atomic E-state index is 0.0731. The lowest BCUT2D eigenvalue weighted by molar-refractivity contribution is -0.117. The van der Waals surface area contributed by atoms with Crippen molar-refractivity contribution < 1.29 is 13.9 Å². The van der Waals surface area contributed by atoms with E-state index in [1.165, 1.54) is 6.07 Å². The number of hydrogen-bond acceptors (Lipinski definition) is 5. The molecule has 2 aromatic heterocycles. The van der Waals surface area contributed by atoms with Gasteiger partial charge in [-0.15, -0.1) is 5.10 Å². The highest BCUT2D eigenvalue weighted by molar-refractivity contribution is 5.90. The maximum atomic E-state index is 13.7. The molecular formula is C20H22FN5O2. The molecule has 0 saturated carbocycles. The Labute approximate surface area is 162 Å². The molecule has 8 heteroatoms. The lowest BCUT2D eigenvalue weighted by Gasteiger charge is -2.26. The summed E-state index contributed by atoms with van der Waals surface area (Å²) in [5, 5.41) is 7.51. The van der Waals surface area contributed by atoms with Crippen molar-refractivity contribution >= 4 is 23.2 Å². The summed E-state index contributed by atoms with van der Waals surface area (Å²) < 4.78 is 20.2. The van der Waals surface area contributed by atoms with Crippen LogP contribution in [0.25, 0.3) is 5.65 Å². The summed E-state index contributed by atoms with van der Waals surface area (Å²) >= 11 is 0. The summed E-state index contributed by atoms with van der Waals surface area (Å²) in [6, 6.07) is 10.6. The molecule has 0 spiro atoms. The molecule has 0 bridgehead atoms. The van der Waals surface area contributed by atoms with Gasteiger partial charge in [0.25, 0.3) is 0 Å². The summed E-state index contributed by atoms with van der Waals surface area (Å²) in [7, 11) is 1.56. The molecule has 0 aliphatic carbocycles. The largest absolute Gasteiger partial charge is 0.384 e. The number of fused-ring (bicyclic) bond motifs is 1. The number of imidazole rings is 1. The first-order chi connectivity index (χ1) is 13.7. The third-order valence-electron chi connectivity index (χ3n) is 4.93. The zero-order valence-electron chi connectivity index (χ0n) is 15.6. The average Bonchev–Trinajstić information content (AvgIpc) is 3.33. The van der Waals surface area contributed by atoms with Crippen molar-refractivity contribution in [1.82, 2.24) is 14.6 Å². The van der Waals surface area contributed by atoms with E-state index in [9.17, 15) is 9.18 Å². The Hall–Kier alpha value is -3.00. The van der Waals surface area contributed by atoms with Gasteiger partial charge < -0.3 is 15.0 Å². The zero-order chi connectivity index (χ0) is 19.5. The number of amides is 1. The molecule has 1 aromatic carbocycles. The quantitative estimate of drug-likeness (QED) is 0.708. The molecule has 1 atom stereocenters. The SMILES string of the molecule is COCCC(=O)Nc1cnc2ccc(N3CCC[C@@H]3c3cccc(F)c3)nn12. The number of carbonyl (C=O) groups is 1. The molecule has 4 rings (SSSR count). The second kappa shape index (κ2) is 7.93. The fourth-order valence-electron chi connectivity index (χ4n) is 3.60. The maximum Gasteiger partial charge on any atom is 0.227 e. The highest BCUT2D eigenvalue weighted by Crippen LogP contribution is 2.35. The van der Waals surface area contributed by atoms with Gasteiger partial charge in [-0.25, -0.2) is 9.37 Å². The van der Waals surface area contributed by atoms with E-state index >= 15 is 0 Å². The third kappa shape index (κ3) is 3.68. The number of halogens is 1. The van der Waals surface area contributed by atoms with E-state index in [1.807, 2.05) is 18.2 Å². The molecule has 1 aliphatic heterocycles. The molecular weight excluding hydrogens is 361 g/mol. The number of rotatable bonds is 6. The number of nitrogens with zero attached hydrogens (tertiary/aromatic N) is 4. The number of aromatic nitrogens is 3. The Morgan fingerprint density at radius 1 is 1.36 bits per heavy atom. The Morgan fingerprint density at radius 3 is 3.07 bits per heavy atom. The van der Waals surface area contributed by atoms with Crippen molar-refractivity contribution in [2.24, 2.45) is 0 Å². The standard InChI is InChI=1S/C20H22FN5O2/c1-28-11-9-20(27)23-19-13-22-17-7-8-18(24-26(17)19)25-10-3-6-16(25)14-4-2-5-15(21)12-14/h2,4-5,7-8,12-13,16H,3,6,9-11H2,1H3,(H,23,27)/t16-/m1/s1. The summed E-state index contributed by atoms with van der Waals surface area (Å²) in [6.07, 6.45) is 3.79. The molecule has 3 heterocycles. The second-order valence-corrected chi connectivity index (χ2v) is 6.80. The Balaban J connectivity index is 1.61. The third-order valence-corrected chi connectivity index (χ3v) is 4.93. The first-order valence-corrected chi connectivity index (χ1v) is 9.31. The average molecular weight is 383 g/mol. The van der Waals surface area contributed by atoms with Crippen molar-refractivity contribution in [3.63, 3.8) is 0 Å². The Kier molecular flexibility index (Phi) is 5.21. The Bertz CT molecular complexity index is 990. The predicted octanol–water partition coefficient (Wildman–Crippen LogP) is 3.18. The lowest BCUT2D eigenvalue weighted by Crippen LogP contribution is -2.24. The topological polar surface area (TPSA) is 71.8 Å². The number of anilines is 2. The highest BCUT2D eigenvalue weighted by Gasteiger charge is 2.28. The van der Waals surface area contributed by atoms with Crippen LogP contribution < -0.4 is 10.2 Å². The number of benzene rings is 1. The molecule has 1 N–H and O–H groups in total. The van der Waals surface area contributed by atoms with Gasteiger partial charge in [0.05, 0.1) is 25.3 Å². The van der Waals surface area contributed by atoms with Crippen LogP contribution in [-0.2, 0) is 9.53 Å². The molecule has 0 radical (unpaired) electrons. The number of methoxy groups -OCH3 is 1. The van der Waals surface area contributed by atoms with Gasteiger partial charge in [-0.2, -0.15) is 4.52 Å². The zero-order valence-corrected chi connectivity index (χ0v) is 15.6. The molecule has 0 unspecified atom stereocenters. The number of hydrogen-bond donors (Lipinski definition) is 1. The van der Waals surface area contributed by atoms with Crippen LogP contribution in [0.5, 0.6) is 0 Å². The van der Waals surface area contributed by atoms with Crippen LogP contribution in [0.2, 0.25) is 0 Å². The molecule has 3 aromatic rings. The molecule has 1 aliphatic rings. The van der Waals surface area contributed by atoms with E-state index in [0.29, 0.717) is 18.1 Å². The van der Waals surface area contributed by atoms with Crippen molar-refractivity contribution in [3.05, 3.63) is 54.0 Å². The van der Waals surface area contributed by atoms with Crippen LogP contribution in [0.15, 0.2) is 42.6 Å². The molecule has 146 valence electrons. The smallest absolute Gasteiger partial charge is 0.227 e. The summed E-state index contributed by atoms with van der Waals surface area (Å²) in [5.41, 5.74) is 1.59. The van der Waals surface area contributed by atoms with Crippen molar-refractivity contribution in [2.75, 3.05) is 30.5 Å². The van der Waals surface area contributed by atoms with Gasteiger partial charge in [0.15, 0.2) is 11.5 Å². The van der Waals surface area contributed by atoms with Gasteiger partial charge in [0, 0.05) is 13.7 Å². The van der Waals surface area contributed by atoms with Crippen molar-refractivity contribution in [1.29, 1.82) is 0 Å². The fourth-order valence-corrected chi connectivity index (χ4v) is 3.60. The first kappa shape index (κ1) is 18.4. The molecule has 1 saturated heterocycles. The summed E-state index contributed by atoms with van der Waals surface area (Å²) in [4.78, 5) is 18.5. The minimum atomic E-state index is -0.233. The van der Waals surface area contributed by atoms with Gasteiger partial charge in [-0.1, -0.05) is 12.1 Å². The van der Waals surface area contributed by atoms with Crippen LogP contribution in [0, 0.1) is 5.82 Å². The number of ether oxygens (including phenoxy) is 1. The summed E-state index contributed by atoms with van der Waals surface area (Å²) in [5.74, 6) is 0.891. The summed E-state index contributed by atoms with van der Waals surface area (Å²) in [6.45, 7) is 1.19. The van der Waals surface area contributed by atoms with Gasteiger partial charge in [-0.3, -0.25) is 4.79 Å². The van der Waals surface area contributed by atoms with E-state index in [-0.39, 0.29) is 24.2 Å². The highest BCUT2D eigenvalue weighted by atomic mass is 19.1. The second-order valence-electron chi connectivity index (χ2n) is 6.80. The van der Waals surface area contributed by atoms with Gasteiger partial charge in [0.2, 0.25) is 5.91 Å². The van der Waals surface area contributed by atoms with E-state index in [1.54, 1.807) is 30.0 Å². The number of carbonyl (C=O) groups excluding carboxylic acids is 1. The van der Waals surface area contributed by atoms with Crippen LogP contribution in [0.3, 0.4) is 0 Å². The monoisotopic (exact) mass is 383 g/mol. The van der Waals surface area contributed by atoms with E-state index in [0.717, 1.165) is 30.8 Å². The van der Waals surface area contributed by atoms with Crippen LogP contribution in [-0.4, -0.2) is 40.8 Å². The van der Waals surface area contributed by atoms with Crippen LogP contribution >= 0.6 is 0 Å². The Morgan fingerprint density at radius 2 is 2.25 bits per heavy atom. The normalized spacial score (nSPS) is 16.6. The van der Waals surface area contributed by atoms with Crippen molar-refractivity contribution in [2.45, 2.75) is 25.3 Å². The number of nitrogens with one attached hydrogen (secondary N) is 1.